The van der Waals surface area contributed by atoms with Crippen LogP contribution in [0.5, 0.6) is 5.75 Å². The van der Waals surface area contributed by atoms with Crippen molar-refractivity contribution in [3.63, 3.8) is 0 Å². The van der Waals surface area contributed by atoms with Gasteiger partial charge in [-0.15, -0.1) is 11.3 Å². The molecule has 1 N–H and O–H groups in total. The molecule has 6 heteroatoms. The fraction of sp³-hybridized carbons (Fsp3) is 0.435. The maximum absolute atomic E-state index is 10.9. The second kappa shape index (κ2) is 5.79. The van der Waals surface area contributed by atoms with Crippen molar-refractivity contribution in [3.8, 4) is 16.3 Å². The first-order chi connectivity index (χ1) is 13.6. The molecule has 2 fully saturated rings. The summed E-state index contributed by atoms with van der Waals surface area (Å²) in [6.07, 6.45) is 0. The van der Waals surface area contributed by atoms with Gasteiger partial charge in [-0.25, -0.2) is 9.87 Å². The lowest BCUT2D eigenvalue weighted by molar-refractivity contribution is -0.626. The second-order valence-electron chi connectivity index (χ2n) is 9.57. The van der Waals surface area contributed by atoms with Gasteiger partial charge >= 0.3 is 0 Å². The van der Waals surface area contributed by atoms with Crippen LogP contribution in [-0.2, 0) is 20.3 Å². The molecule has 0 saturated carbocycles. The molecule has 0 aliphatic carbocycles. The van der Waals surface area contributed by atoms with Gasteiger partial charge in [0.15, 0.2) is 5.60 Å². The summed E-state index contributed by atoms with van der Waals surface area (Å²) in [5, 5.41) is 11.6. The SMILES string of the molecule is CC(C)(C)C12OOC1(c1cccc(O)c1-c1nc3ccccc3s1)OCC2(C)C. The van der Waals surface area contributed by atoms with E-state index < -0.39 is 11.4 Å². The van der Waals surface area contributed by atoms with E-state index >= 15 is 0 Å². The molecular weight excluding hydrogens is 386 g/mol. The number of hydrogen-bond donors (Lipinski definition) is 1. The van der Waals surface area contributed by atoms with Gasteiger partial charge in [0, 0.05) is 16.4 Å². The summed E-state index contributed by atoms with van der Waals surface area (Å²) in [5.74, 6) is -0.955. The number of thiazole rings is 1. The highest BCUT2D eigenvalue weighted by Gasteiger charge is 2.81. The second-order valence-corrected chi connectivity index (χ2v) is 10.6. The predicted molar refractivity (Wildman–Crippen MR) is 112 cm³/mol. The minimum Gasteiger partial charge on any atom is -0.507 e. The minimum atomic E-state index is -1.11. The molecule has 5 rings (SSSR count). The van der Waals surface area contributed by atoms with E-state index in [1.165, 1.54) is 0 Å². The maximum atomic E-state index is 10.9. The van der Waals surface area contributed by atoms with E-state index in [4.69, 9.17) is 19.5 Å². The van der Waals surface area contributed by atoms with Gasteiger partial charge in [-0.1, -0.05) is 58.9 Å². The largest absolute Gasteiger partial charge is 0.507 e. The Balaban J connectivity index is 1.77. The average Bonchev–Trinajstić information content (AvgIpc) is 3.09. The quantitative estimate of drug-likeness (QED) is 0.554. The van der Waals surface area contributed by atoms with Crippen LogP contribution in [0.25, 0.3) is 20.8 Å². The number of aromatic nitrogens is 1. The normalized spacial score (nSPS) is 28.3. The Labute approximate surface area is 174 Å². The van der Waals surface area contributed by atoms with Gasteiger partial charge in [-0.3, -0.25) is 0 Å². The third kappa shape index (κ3) is 2.23. The Bertz CT molecular complexity index is 1080. The lowest BCUT2D eigenvalue weighted by Gasteiger charge is -2.61. The number of hydrogen-bond acceptors (Lipinski definition) is 6. The zero-order chi connectivity index (χ0) is 20.7. The summed E-state index contributed by atoms with van der Waals surface area (Å²) in [7, 11) is 0. The molecule has 3 aromatic rings. The number of fused-ring (bicyclic) bond motifs is 2. The van der Waals surface area contributed by atoms with Crippen molar-refractivity contribution in [2.75, 3.05) is 6.61 Å². The lowest BCUT2D eigenvalue weighted by Crippen LogP contribution is -2.73. The maximum Gasteiger partial charge on any atom is 0.262 e. The van der Waals surface area contributed by atoms with E-state index in [-0.39, 0.29) is 16.6 Å². The van der Waals surface area contributed by atoms with E-state index in [1.807, 2.05) is 36.4 Å². The van der Waals surface area contributed by atoms with Crippen molar-refractivity contribution in [3.05, 3.63) is 48.0 Å². The third-order valence-electron chi connectivity index (χ3n) is 6.30. The number of ether oxygens (including phenoxy) is 1. The van der Waals surface area contributed by atoms with Crippen molar-refractivity contribution in [2.45, 2.75) is 46.0 Å². The first kappa shape index (κ1) is 19.0. The van der Waals surface area contributed by atoms with Crippen LogP contribution in [0.1, 0.15) is 40.2 Å². The number of aromatic hydroxyl groups is 1. The summed E-state index contributed by atoms with van der Waals surface area (Å²) >= 11 is 1.54. The van der Waals surface area contributed by atoms with E-state index in [0.717, 1.165) is 20.8 Å². The molecule has 0 radical (unpaired) electrons. The standard InChI is InChI=1S/C23H25NO4S/c1-20(2,3)23-21(4,5)13-26-22(23,27-28-23)14-9-8-11-16(25)18(14)19-24-15-10-6-7-12-17(15)29-19/h6-12,25H,13H2,1-5H3. The highest BCUT2D eigenvalue weighted by molar-refractivity contribution is 7.21. The van der Waals surface area contributed by atoms with Gasteiger partial charge in [-0.05, 0) is 18.2 Å². The summed E-state index contributed by atoms with van der Waals surface area (Å²) in [6, 6.07) is 13.4. The van der Waals surface area contributed by atoms with Crippen LogP contribution in [0.4, 0.5) is 0 Å². The zero-order valence-corrected chi connectivity index (χ0v) is 18.1. The monoisotopic (exact) mass is 411 g/mol. The van der Waals surface area contributed by atoms with Crippen LogP contribution in [0.2, 0.25) is 0 Å². The first-order valence-corrected chi connectivity index (χ1v) is 10.6. The smallest absolute Gasteiger partial charge is 0.262 e. The molecule has 0 bridgehead atoms. The van der Waals surface area contributed by atoms with Gasteiger partial charge in [-0.2, -0.15) is 4.89 Å². The molecule has 152 valence electrons. The number of para-hydroxylation sites is 1. The average molecular weight is 412 g/mol. The van der Waals surface area contributed by atoms with Crippen molar-refractivity contribution in [1.29, 1.82) is 0 Å². The summed E-state index contributed by atoms with van der Waals surface area (Å²) in [4.78, 5) is 16.6. The van der Waals surface area contributed by atoms with Gasteiger partial charge in [0.2, 0.25) is 0 Å². The number of phenols is 1. The fourth-order valence-electron chi connectivity index (χ4n) is 5.23. The minimum absolute atomic E-state index is 0.155. The molecule has 2 aromatic carbocycles. The highest BCUT2D eigenvalue weighted by atomic mass is 32.1. The molecule has 29 heavy (non-hydrogen) atoms. The zero-order valence-electron chi connectivity index (χ0n) is 17.3. The molecule has 2 aliphatic heterocycles. The number of nitrogens with zero attached hydrogens (tertiary/aromatic N) is 1. The van der Waals surface area contributed by atoms with Crippen molar-refractivity contribution in [1.82, 2.24) is 4.98 Å². The Morgan fingerprint density at radius 1 is 1.03 bits per heavy atom. The van der Waals surface area contributed by atoms with E-state index in [0.29, 0.717) is 12.2 Å². The number of benzene rings is 2. The highest BCUT2D eigenvalue weighted by Crippen LogP contribution is 2.70. The van der Waals surface area contributed by atoms with Gasteiger partial charge in [0.05, 0.1) is 22.4 Å². The lowest BCUT2D eigenvalue weighted by atomic mass is 9.57. The number of phenolic OH excluding ortho intramolecular Hbond substituents is 1. The van der Waals surface area contributed by atoms with Crippen LogP contribution >= 0.6 is 11.3 Å². The molecule has 0 spiro atoms. The topological polar surface area (TPSA) is 60.8 Å². The van der Waals surface area contributed by atoms with E-state index in [2.05, 4.69) is 34.6 Å². The van der Waals surface area contributed by atoms with Crippen LogP contribution in [0.3, 0.4) is 0 Å². The third-order valence-corrected chi connectivity index (χ3v) is 7.35. The van der Waals surface area contributed by atoms with Crippen molar-refractivity contribution >= 4 is 21.6 Å². The molecule has 5 nitrogen and oxygen atoms in total. The van der Waals surface area contributed by atoms with Crippen LogP contribution < -0.4 is 0 Å². The Hall–Kier alpha value is -1.99. The number of rotatable bonds is 2. The Kier molecular flexibility index (Phi) is 3.79. The Morgan fingerprint density at radius 3 is 2.45 bits per heavy atom. The summed E-state index contributed by atoms with van der Waals surface area (Å²) in [6.45, 7) is 11.2. The van der Waals surface area contributed by atoms with Gasteiger partial charge < -0.3 is 9.84 Å². The van der Waals surface area contributed by atoms with Crippen LogP contribution in [0, 0.1) is 10.8 Å². The first-order valence-electron chi connectivity index (χ1n) is 9.82. The predicted octanol–water partition coefficient (Wildman–Crippen LogP) is 5.62. The van der Waals surface area contributed by atoms with Crippen LogP contribution in [-0.4, -0.2) is 22.3 Å². The molecule has 0 amide bonds. The molecule has 3 heterocycles. The van der Waals surface area contributed by atoms with Gasteiger partial charge in [0.25, 0.3) is 5.79 Å². The van der Waals surface area contributed by atoms with Crippen LogP contribution in [0.15, 0.2) is 42.5 Å². The summed E-state index contributed by atoms with van der Waals surface area (Å²) < 4.78 is 7.45. The molecule has 1 aromatic heterocycles. The van der Waals surface area contributed by atoms with Gasteiger partial charge in [0.1, 0.15) is 10.8 Å². The van der Waals surface area contributed by atoms with E-state index in [9.17, 15) is 5.11 Å². The van der Waals surface area contributed by atoms with Crippen molar-refractivity contribution in [2.24, 2.45) is 10.8 Å². The van der Waals surface area contributed by atoms with Crippen molar-refractivity contribution < 1.29 is 19.6 Å². The summed E-state index contributed by atoms with van der Waals surface area (Å²) in [5.41, 5.74) is 1.01. The fourth-order valence-corrected chi connectivity index (χ4v) is 6.27. The molecular formula is C23H25NO4S. The Morgan fingerprint density at radius 2 is 1.79 bits per heavy atom. The molecule has 2 aliphatic rings. The molecule has 2 saturated heterocycles. The molecule has 2 atom stereocenters. The molecule has 2 unspecified atom stereocenters. The van der Waals surface area contributed by atoms with E-state index in [1.54, 1.807) is 17.4 Å².